The number of aromatic nitrogens is 2. The van der Waals surface area contributed by atoms with E-state index in [-0.39, 0.29) is 0 Å². The lowest BCUT2D eigenvalue weighted by Crippen LogP contribution is -2.26. The summed E-state index contributed by atoms with van der Waals surface area (Å²) in [5, 5.41) is 7.64. The van der Waals surface area contributed by atoms with Crippen molar-refractivity contribution >= 4 is 0 Å². The third-order valence-corrected chi connectivity index (χ3v) is 3.27. The van der Waals surface area contributed by atoms with E-state index in [1.165, 1.54) is 5.56 Å². The fourth-order valence-corrected chi connectivity index (χ4v) is 2.30. The van der Waals surface area contributed by atoms with E-state index in [2.05, 4.69) is 22.5 Å². The molecule has 2 aromatic rings. The first kappa shape index (κ1) is 11.3. The number of rotatable bonds is 5. The number of nitrogens with zero attached hydrogens (tertiary/aromatic N) is 2. The molecule has 3 rings (SSSR count). The Morgan fingerprint density at radius 2 is 2.28 bits per heavy atom. The molecule has 2 heterocycles. The molecule has 1 aliphatic heterocycles. The molecule has 0 amide bonds. The molecular formula is C14H17N3O. The smallest absolute Gasteiger partial charge is 0.122 e. The Labute approximate surface area is 107 Å². The van der Waals surface area contributed by atoms with Crippen molar-refractivity contribution in [3.8, 4) is 5.75 Å². The molecule has 1 aliphatic rings. The zero-order valence-electron chi connectivity index (χ0n) is 10.2. The predicted octanol–water partition coefficient (Wildman–Crippen LogP) is 1.65. The van der Waals surface area contributed by atoms with Crippen molar-refractivity contribution in [3.05, 3.63) is 48.3 Å². The molecule has 18 heavy (non-hydrogen) atoms. The van der Waals surface area contributed by atoms with E-state index in [0.717, 1.165) is 32.0 Å². The van der Waals surface area contributed by atoms with Gasteiger partial charge in [-0.15, -0.1) is 0 Å². The first-order valence-corrected chi connectivity index (χ1v) is 6.33. The van der Waals surface area contributed by atoms with Crippen LogP contribution in [0.1, 0.15) is 11.5 Å². The Morgan fingerprint density at radius 1 is 1.33 bits per heavy atom. The Morgan fingerprint density at radius 3 is 3.17 bits per heavy atom. The lowest BCUT2D eigenvalue weighted by atomic mass is 10.0. The van der Waals surface area contributed by atoms with Crippen molar-refractivity contribution in [1.29, 1.82) is 0 Å². The second-order valence-corrected chi connectivity index (χ2v) is 4.52. The summed E-state index contributed by atoms with van der Waals surface area (Å²) in [4.78, 5) is 0. The van der Waals surface area contributed by atoms with Crippen LogP contribution >= 0.6 is 0 Å². The van der Waals surface area contributed by atoms with Crippen molar-refractivity contribution in [2.75, 3.05) is 19.7 Å². The number of fused-ring (bicyclic) bond motifs is 1. The Kier molecular flexibility index (Phi) is 3.28. The minimum Gasteiger partial charge on any atom is -0.493 e. The number of hydrogen-bond donors (Lipinski definition) is 1. The molecule has 4 heteroatoms. The molecule has 94 valence electrons. The molecule has 0 spiro atoms. The lowest BCUT2D eigenvalue weighted by molar-refractivity contribution is 0.326. The van der Waals surface area contributed by atoms with Gasteiger partial charge in [0.2, 0.25) is 0 Å². The average Bonchev–Trinajstić information content (AvgIpc) is 3.04. The van der Waals surface area contributed by atoms with Crippen LogP contribution in [0.15, 0.2) is 42.7 Å². The maximum Gasteiger partial charge on any atom is 0.122 e. The number of ether oxygens (including phenoxy) is 1. The van der Waals surface area contributed by atoms with E-state index in [1.807, 2.05) is 29.1 Å². The SMILES string of the molecule is c1ccc2c(c1)OCC2CNCCn1cccn1. The molecule has 1 aromatic heterocycles. The third kappa shape index (κ3) is 2.38. The Hall–Kier alpha value is -1.81. The topological polar surface area (TPSA) is 39.1 Å². The molecule has 1 N–H and O–H groups in total. The number of para-hydroxylation sites is 1. The van der Waals surface area contributed by atoms with Crippen LogP contribution < -0.4 is 10.1 Å². The van der Waals surface area contributed by atoms with E-state index in [9.17, 15) is 0 Å². The minimum absolute atomic E-state index is 0.471. The maximum atomic E-state index is 5.66. The van der Waals surface area contributed by atoms with Crippen LogP contribution in [-0.2, 0) is 6.54 Å². The van der Waals surface area contributed by atoms with Gasteiger partial charge >= 0.3 is 0 Å². The normalized spacial score (nSPS) is 17.4. The quantitative estimate of drug-likeness (QED) is 0.812. The largest absolute Gasteiger partial charge is 0.493 e. The first-order valence-electron chi connectivity index (χ1n) is 6.33. The summed E-state index contributed by atoms with van der Waals surface area (Å²) in [5.74, 6) is 1.51. The lowest BCUT2D eigenvalue weighted by Gasteiger charge is -2.10. The van der Waals surface area contributed by atoms with Crippen LogP contribution in [0.4, 0.5) is 0 Å². The highest BCUT2D eigenvalue weighted by molar-refractivity contribution is 5.39. The van der Waals surface area contributed by atoms with E-state index >= 15 is 0 Å². The van der Waals surface area contributed by atoms with Gasteiger partial charge in [-0.05, 0) is 12.1 Å². The fourth-order valence-electron chi connectivity index (χ4n) is 2.30. The summed E-state index contributed by atoms with van der Waals surface area (Å²) >= 11 is 0. The Balaban J connectivity index is 1.47. The predicted molar refractivity (Wildman–Crippen MR) is 69.8 cm³/mol. The molecule has 1 unspecified atom stereocenters. The van der Waals surface area contributed by atoms with Crippen LogP contribution in [-0.4, -0.2) is 29.5 Å². The average molecular weight is 243 g/mol. The second kappa shape index (κ2) is 5.23. The van der Waals surface area contributed by atoms with Crippen molar-refractivity contribution < 1.29 is 4.74 Å². The molecule has 0 saturated heterocycles. The van der Waals surface area contributed by atoms with Crippen molar-refractivity contribution in [1.82, 2.24) is 15.1 Å². The van der Waals surface area contributed by atoms with Crippen LogP contribution in [0.3, 0.4) is 0 Å². The summed E-state index contributed by atoms with van der Waals surface area (Å²) < 4.78 is 7.59. The molecule has 0 bridgehead atoms. The maximum absolute atomic E-state index is 5.66. The summed E-state index contributed by atoms with van der Waals surface area (Å²) in [7, 11) is 0. The number of nitrogens with one attached hydrogen (secondary N) is 1. The number of hydrogen-bond acceptors (Lipinski definition) is 3. The zero-order valence-corrected chi connectivity index (χ0v) is 10.2. The van der Waals surface area contributed by atoms with Gasteiger partial charge in [0.05, 0.1) is 13.2 Å². The van der Waals surface area contributed by atoms with Crippen molar-refractivity contribution in [2.24, 2.45) is 0 Å². The van der Waals surface area contributed by atoms with Gasteiger partial charge in [0.25, 0.3) is 0 Å². The highest BCUT2D eigenvalue weighted by atomic mass is 16.5. The van der Waals surface area contributed by atoms with Gasteiger partial charge < -0.3 is 10.1 Å². The van der Waals surface area contributed by atoms with Gasteiger partial charge in [-0.3, -0.25) is 4.68 Å². The standard InChI is InChI=1S/C14H17N3O/c1-2-5-14-13(4-1)12(11-18-14)10-15-7-9-17-8-3-6-16-17/h1-6,8,12,15H,7,9-11H2. The van der Waals surface area contributed by atoms with Crippen molar-refractivity contribution in [3.63, 3.8) is 0 Å². The zero-order chi connectivity index (χ0) is 12.2. The summed E-state index contributed by atoms with van der Waals surface area (Å²) in [6.45, 7) is 3.58. The summed E-state index contributed by atoms with van der Waals surface area (Å²) in [6.07, 6.45) is 3.79. The molecule has 0 fully saturated rings. The van der Waals surface area contributed by atoms with Crippen LogP contribution in [0.25, 0.3) is 0 Å². The van der Waals surface area contributed by atoms with Gasteiger partial charge in [0.1, 0.15) is 5.75 Å². The summed E-state index contributed by atoms with van der Waals surface area (Å²) in [5.41, 5.74) is 1.32. The highest BCUT2D eigenvalue weighted by Crippen LogP contribution is 2.32. The van der Waals surface area contributed by atoms with Gasteiger partial charge in [-0.2, -0.15) is 5.10 Å². The number of benzene rings is 1. The van der Waals surface area contributed by atoms with Crippen LogP contribution in [0, 0.1) is 0 Å². The van der Waals surface area contributed by atoms with Gasteiger partial charge in [-0.25, -0.2) is 0 Å². The Bertz CT molecular complexity index is 496. The molecule has 0 aliphatic carbocycles. The van der Waals surface area contributed by atoms with Gasteiger partial charge in [0.15, 0.2) is 0 Å². The van der Waals surface area contributed by atoms with E-state index < -0.39 is 0 Å². The van der Waals surface area contributed by atoms with E-state index in [1.54, 1.807) is 6.20 Å². The fraction of sp³-hybridized carbons (Fsp3) is 0.357. The molecule has 0 radical (unpaired) electrons. The second-order valence-electron chi connectivity index (χ2n) is 4.52. The van der Waals surface area contributed by atoms with Gasteiger partial charge in [-0.1, -0.05) is 18.2 Å². The minimum atomic E-state index is 0.471. The van der Waals surface area contributed by atoms with Gasteiger partial charge in [0, 0.05) is 37.0 Å². The molecule has 1 aromatic carbocycles. The van der Waals surface area contributed by atoms with Crippen LogP contribution in [0.2, 0.25) is 0 Å². The monoisotopic (exact) mass is 243 g/mol. The first-order chi connectivity index (χ1) is 8.93. The third-order valence-electron chi connectivity index (χ3n) is 3.27. The molecule has 0 saturated carbocycles. The summed E-state index contributed by atoms with van der Waals surface area (Å²) in [6, 6.07) is 10.2. The molecule has 1 atom stereocenters. The van der Waals surface area contributed by atoms with E-state index in [0.29, 0.717) is 5.92 Å². The van der Waals surface area contributed by atoms with Crippen LogP contribution in [0.5, 0.6) is 5.75 Å². The molecular weight excluding hydrogens is 226 g/mol. The van der Waals surface area contributed by atoms with E-state index in [4.69, 9.17) is 4.74 Å². The highest BCUT2D eigenvalue weighted by Gasteiger charge is 2.22. The van der Waals surface area contributed by atoms with Crippen molar-refractivity contribution in [2.45, 2.75) is 12.5 Å². The molecule has 4 nitrogen and oxygen atoms in total.